The van der Waals surface area contributed by atoms with E-state index in [2.05, 4.69) is 0 Å². The first-order valence-corrected chi connectivity index (χ1v) is 9.40. The number of amides is 2. The van der Waals surface area contributed by atoms with Gasteiger partial charge in [-0.3, -0.25) is 9.59 Å². The molecule has 142 valence electrons. The van der Waals surface area contributed by atoms with Crippen molar-refractivity contribution < 1.29 is 14.3 Å². The number of anilines is 1. The molecule has 1 atom stereocenters. The van der Waals surface area contributed by atoms with Crippen LogP contribution in [0.4, 0.5) is 5.69 Å². The van der Waals surface area contributed by atoms with E-state index >= 15 is 0 Å². The highest BCUT2D eigenvalue weighted by atomic mass is 16.5. The molecule has 1 heterocycles. The molecule has 0 bridgehead atoms. The Bertz CT molecular complexity index is 817. The van der Waals surface area contributed by atoms with Gasteiger partial charge < -0.3 is 14.5 Å². The molecule has 1 unspecified atom stereocenters. The molecule has 5 heteroatoms. The van der Waals surface area contributed by atoms with Crippen molar-refractivity contribution in [1.29, 1.82) is 0 Å². The predicted molar refractivity (Wildman–Crippen MR) is 106 cm³/mol. The van der Waals surface area contributed by atoms with Crippen LogP contribution < -0.4 is 9.64 Å². The molecule has 2 amide bonds. The zero-order chi connectivity index (χ0) is 19.4. The highest BCUT2D eigenvalue weighted by molar-refractivity contribution is 5.97. The fourth-order valence-electron chi connectivity index (χ4n) is 3.55. The van der Waals surface area contributed by atoms with Crippen LogP contribution >= 0.6 is 0 Å². The Morgan fingerprint density at radius 3 is 2.56 bits per heavy atom. The fraction of sp³-hybridized carbons (Fsp3) is 0.364. The van der Waals surface area contributed by atoms with Crippen LogP contribution in [0.2, 0.25) is 0 Å². The van der Waals surface area contributed by atoms with Crippen molar-refractivity contribution >= 4 is 17.5 Å². The number of hydrogen-bond donors (Lipinski definition) is 0. The first kappa shape index (κ1) is 19.0. The largest absolute Gasteiger partial charge is 0.497 e. The molecular formula is C22H26N2O3. The Kier molecular flexibility index (Phi) is 5.79. The molecule has 2 aromatic carbocycles. The van der Waals surface area contributed by atoms with E-state index in [-0.39, 0.29) is 17.9 Å². The maximum absolute atomic E-state index is 13.1. The third-order valence-electron chi connectivity index (χ3n) is 5.14. The summed E-state index contributed by atoms with van der Waals surface area (Å²) in [5.41, 5.74) is 2.52. The van der Waals surface area contributed by atoms with E-state index in [4.69, 9.17) is 4.74 Å². The first-order chi connectivity index (χ1) is 13.0. The van der Waals surface area contributed by atoms with Gasteiger partial charge in [0.05, 0.1) is 13.2 Å². The molecule has 1 aliphatic heterocycles. The molecule has 2 aromatic rings. The van der Waals surface area contributed by atoms with E-state index in [1.165, 1.54) is 0 Å². The van der Waals surface area contributed by atoms with Gasteiger partial charge in [-0.2, -0.15) is 0 Å². The van der Waals surface area contributed by atoms with Crippen LogP contribution in [0.25, 0.3) is 0 Å². The van der Waals surface area contributed by atoms with Crippen molar-refractivity contribution in [3.8, 4) is 5.75 Å². The second-order valence-electron chi connectivity index (χ2n) is 6.74. The summed E-state index contributed by atoms with van der Waals surface area (Å²) >= 11 is 0. The van der Waals surface area contributed by atoms with E-state index in [1.54, 1.807) is 12.0 Å². The van der Waals surface area contributed by atoms with Gasteiger partial charge in [-0.1, -0.05) is 12.1 Å². The van der Waals surface area contributed by atoms with Gasteiger partial charge in [0, 0.05) is 30.8 Å². The quantitative estimate of drug-likeness (QED) is 0.775. The zero-order valence-corrected chi connectivity index (χ0v) is 16.1. The third kappa shape index (κ3) is 3.97. The van der Waals surface area contributed by atoms with Crippen molar-refractivity contribution in [1.82, 2.24) is 4.90 Å². The Balaban J connectivity index is 1.78. The van der Waals surface area contributed by atoms with E-state index in [0.717, 1.165) is 30.0 Å². The molecule has 0 aromatic heterocycles. The van der Waals surface area contributed by atoms with Crippen LogP contribution in [-0.2, 0) is 4.79 Å². The van der Waals surface area contributed by atoms with E-state index in [0.29, 0.717) is 18.5 Å². The first-order valence-electron chi connectivity index (χ1n) is 9.40. The lowest BCUT2D eigenvalue weighted by Gasteiger charge is -2.29. The van der Waals surface area contributed by atoms with Crippen LogP contribution in [0.1, 0.15) is 48.7 Å². The molecule has 3 rings (SSSR count). The average Bonchev–Trinajstić information content (AvgIpc) is 3.14. The second-order valence-corrected chi connectivity index (χ2v) is 6.74. The highest BCUT2D eigenvalue weighted by Gasteiger charge is 2.24. The molecule has 0 spiro atoms. The Hall–Kier alpha value is -2.82. The number of nitrogens with zero attached hydrogens (tertiary/aromatic N) is 2. The SMILES string of the molecule is CCN(C(=O)c1ccc(N2CCCC2=O)cc1)C(C)c1cccc(OC)c1. The Morgan fingerprint density at radius 1 is 1.22 bits per heavy atom. The minimum atomic E-state index is -0.0718. The maximum atomic E-state index is 13.1. The fourth-order valence-corrected chi connectivity index (χ4v) is 3.55. The summed E-state index contributed by atoms with van der Waals surface area (Å²) in [4.78, 5) is 28.6. The number of rotatable bonds is 6. The zero-order valence-electron chi connectivity index (χ0n) is 16.1. The molecule has 1 saturated heterocycles. The van der Waals surface area contributed by atoms with Gasteiger partial charge in [-0.05, 0) is 62.2 Å². The summed E-state index contributed by atoms with van der Waals surface area (Å²) in [5, 5.41) is 0. The lowest BCUT2D eigenvalue weighted by molar-refractivity contribution is -0.117. The van der Waals surface area contributed by atoms with Gasteiger partial charge in [0.2, 0.25) is 5.91 Å². The number of carbonyl (C=O) groups is 2. The minimum Gasteiger partial charge on any atom is -0.497 e. The molecule has 27 heavy (non-hydrogen) atoms. The van der Waals surface area contributed by atoms with Crippen molar-refractivity contribution in [2.24, 2.45) is 0 Å². The minimum absolute atomic E-state index is 0.0212. The average molecular weight is 366 g/mol. The van der Waals surface area contributed by atoms with Gasteiger partial charge in [0.1, 0.15) is 5.75 Å². The van der Waals surface area contributed by atoms with Gasteiger partial charge in [-0.25, -0.2) is 0 Å². The highest BCUT2D eigenvalue weighted by Crippen LogP contribution is 2.26. The topological polar surface area (TPSA) is 49.9 Å². The Labute approximate surface area is 160 Å². The van der Waals surface area contributed by atoms with Crippen LogP contribution in [-0.4, -0.2) is 36.9 Å². The summed E-state index contributed by atoms with van der Waals surface area (Å²) in [6.07, 6.45) is 1.49. The molecule has 5 nitrogen and oxygen atoms in total. The number of carbonyl (C=O) groups excluding carboxylic acids is 2. The molecule has 0 N–H and O–H groups in total. The van der Waals surface area contributed by atoms with Crippen molar-refractivity contribution in [2.75, 3.05) is 25.1 Å². The summed E-state index contributed by atoms with van der Waals surface area (Å²) < 4.78 is 5.30. The molecular weight excluding hydrogens is 340 g/mol. The monoisotopic (exact) mass is 366 g/mol. The van der Waals surface area contributed by atoms with E-state index < -0.39 is 0 Å². The summed E-state index contributed by atoms with van der Waals surface area (Å²) in [6.45, 7) is 5.35. The van der Waals surface area contributed by atoms with Gasteiger partial charge in [0.15, 0.2) is 0 Å². The number of hydrogen-bond acceptors (Lipinski definition) is 3. The van der Waals surface area contributed by atoms with Crippen LogP contribution in [0, 0.1) is 0 Å². The standard InChI is InChI=1S/C22H26N2O3/c1-4-23(16(2)18-7-5-8-20(15-18)27-3)22(26)17-10-12-19(13-11-17)24-14-6-9-21(24)25/h5,7-8,10-13,15-16H,4,6,9,14H2,1-3H3. The van der Waals surface area contributed by atoms with Crippen LogP contribution in [0.15, 0.2) is 48.5 Å². The lowest BCUT2D eigenvalue weighted by Crippen LogP contribution is -2.33. The smallest absolute Gasteiger partial charge is 0.254 e. The molecule has 0 radical (unpaired) electrons. The summed E-state index contributed by atoms with van der Waals surface area (Å²) in [6, 6.07) is 15.1. The number of ether oxygens (including phenoxy) is 1. The maximum Gasteiger partial charge on any atom is 0.254 e. The lowest BCUT2D eigenvalue weighted by atomic mass is 10.0. The number of methoxy groups -OCH3 is 1. The molecule has 0 saturated carbocycles. The van der Waals surface area contributed by atoms with E-state index in [9.17, 15) is 9.59 Å². The van der Waals surface area contributed by atoms with Crippen LogP contribution in [0.5, 0.6) is 5.75 Å². The summed E-state index contributed by atoms with van der Waals surface area (Å²) in [7, 11) is 1.64. The molecule has 0 aliphatic carbocycles. The second kappa shape index (κ2) is 8.25. The predicted octanol–water partition coefficient (Wildman–Crippen LogP) is 4.05. The van der Waals surface area contributed by atoms with Crippen molar-refractivity contribution in [3.63, 3.8) is 0 Å². The van der Waals surface area contributed by atoms with Gasteiger partial charge in [-0.15, -0.1) is 0 Å². The summed E-state index contributed by atoms with van der Waals surface area (Å²) in [5.74, 6) is 0.908. The van der Waals surface area contributed by atoms with Gasteiger partial charge in [0.25, 0.3) is 5.91 Å². The Morgan fingerprint density at radius 2 is 1.96 bits per heavy atom. The third-order valence-corrected chi connectivity index (χ3v) is 5.14. The molecule has 1 aliphatic rings. The molecule has 1 fully saturated rings. The van der Waals surface area contributed by atoms with Crippen molar-refractivity contribution in [2.45, 2.75) is 32.7 Å². The normalized spacial score (nSPS) is 14.9. The van der Waals surface area contributed by atoms with Crippen LogP contribution in [0.3, 0.4) is 0 Å². The van der Waals surface area contributed by atoms with Gasteiger partial charge >= 0.3 is 0 Å². The van der Waals surface area contributed by atoms with Crippen molar-refractivity contribution in [3.05, 3.63) is 59.7 Å². The van der Waals surface area contributed by atoms with E-state index in [1.807, 2.05) is 67.3 Å². The number of benzene rings is 2.